The van der Waals surface area contributed by atoms with Crippen LogP contribution >= 0.6 is 15.9 Å². The first-order valence-corrected chi connectivity index (χ1v) is 13.2. The lowest BCUT2D eigenvalue weighted by atomic mass is 9.66. The van der Waals surface area contributed by atoms with Crippen molar-refractivity contribution in [3.63, 3.8) is 0 Å². The highest BCUT2D eigenvalue weighted by Crippen LogP contribution is 2.59. The van der Waals surface area contributed by atoms with Gasteiger partial charge in [-0.15, -0.1) is 0 Å². The molecule has 0 aliphatic heterocycles. The van der Waals surface area contributed by atoms with Crippen LogP contribution < -0.4 is 0 Å². The molecule has 0 bridgehead atoms. The first-order valence-electron chi connectivity index (χ1n) is 12.4. The van der Waals surface area contributed by atoms with E-state index in [1.807, 2.05) is 0 Å². The molecule has 168 valence electrons. The third-order valence-electron chi connectivity index (χ3n) is 8.15. The molecule has 0 nitrogen and oxygen atoms in total. The molecule has 0 aromatic heterocycles. The lowest BCUT2D eigenvalue weighted by Crippen LogP contribution is -2.29. The quantitative estimate of drug-likeness (QED) is 0.199. The Bertz CT molecular complexity index is 1930. The van der Waals surface area contributed by atoms with E-state index in [1.54, 1.807) is 0 Å². The average molecular weight is 521 g/mol. The Labute approximate surface area is 218 Å². The smallest absolute Gasteiger partial charge is 0.0622 e. The maximum Gasteiger partial charge on any atom is 0.0730 e. The zero-order valence-electron chi connectivity index (χ0n) is 19.5. The normalized spacial score (nSPS) is 16.6. The molecule has 0 saturated heterocycles. The van der Waals surface area contributed by atoms with Crippen molar-refractivity contribution in [1.29, 1.82) is 0 Å². The maximum absolute atomic E-state index is 4.01. The zero-order valence-corrected chi connectivity index (χ0v) is 21.1. The molecule has 0 radical (unpaired) electrons. The standard InChI is InChI=1S/C35H21Br/c36-31-15-7-13-27-26-12-4-5-14-29(26)35(34(27)31,25-10-2-1-3-11-25)30-21-19-24-17-16-22-8-6-9-23-18-20-28(30)33(24)32(22)23/h1-21H. The fourth-order valence-electron chi connectivity index (χ4n) is 6.79. The minimum Gasteiger partial charge on any atom is -0.0622 e. The molecule has 0 fully saturated rings. The fraction of sp³-hybridized carbons (Fsp3) is 0.0286. The Morgan fingerprint density at radius 2 is 1.08 bits per heavy atom. The summed E-state index contributed by atoms with van der Waals surface area (Å²) >= 11 is 4.01. The molecule has 8 rings (SSSR count). The number of benzene rings is 7. The van der Waals surface area contributed by atoms with Crippen LogP contribution in [0, 0.1) is 0 Å². The summed E-state index contributed by atoms with van der Waals surface area (Å²) < 4.78 is 1.14. The number of halogens is 1. The number of rotatable bonds is 2. The van der Waals surface area contributed by atoms with Gasteiger partial charge in [0.05, 0.1) is 5.41 Å². The van der Waals surface area contributed by atoms with Gasteiger partial charge in [0.1, 0.15) is 0 Å². The predicted octanol–water partition coefficient (Wildman–Crippen LogP) is 9.71. The van der Waals surface area contributed by atoms with Crippen LogP contribution in [0.5, 0.6) is 0 Å². The molecule has 36 heavy (non-hydrogen) atoms. The van der Waals surface area contributed by atoms with Gasteiger partial charge < -0.3 is 0 Å². The summed E-state index contributed by atoms with van der Waals surface area (Å²) in [5.74, 6) is 0. The Balaban J connectivity index is 1.64. The average Bonchev–Trinajstić information content (AvgIpc) is 3.24. The Morgan fingerprint density at radius 3 is 1.92 bits per heavy atom. The van der Waals surface area contributed by atoms with Crippen LogP contribution in [0.15, 0.2) is 132 Å². The van der Waals surface area contributed by atoms with Gasteiger partial charge in [-0.2, -0.15) is 0 Å². The van der Waals surface area contributed by atoms with Gasteiger partial charge in [-0.1, -0.05) is 137 Å². The van der Waals surface area contributed by atoms with Crippen LogP contribution in [0.1, 0.15) is 22.3 Å². The highest BCUT2D eigenvalue weighted by atomic mass is 79.9. The van der Waals surface area contributed by atoms with Crippen LogP contribution in [-0.4, -0.2) is 0 Å². The van der Waals surface area contributed by atoms with Gasteiger partial charge >= 0.3 is 0 Å². The summed E-state index contributed by atoms with van der Waals surface area (Å²) in [6.07, 6.45) is 0. The topological polar surface area (TPSA) is 0 Å². The molecule has 1 heteroatoms. The van der Waals surface area contributed by atoms with E-state index in [9.17, 15) is 0 Å². The highest BCUT2D eigenvalue weighted by molar-refractivity contribution is 9.10. The number of hydrogen-bond donors (Lipinski definition) is 0. The zero-order chi connectivity index (χ0) is 23.9. The molecule has 0 heterocycles. The summed E-state index contributed by atoms with van der Waals surface area (Å²) in [6.45, 7) is 0. The van der Waals surface area contributed by atoms with Crippen molar-refractivity contribution in [1.82, 2.24) is 0 Å². The van der Waals surface area contributed by atoms with E-state index in [2.05, 4.69) is 143 Å². The Morgan fingerprint density at radius 1 is 0.444 bits per heavy atom. The molecule has 1 unspecified atom stereocenters. The largest absolute Gasteiger partial charge is 0.0730 e. The summed E-state index contributed by atoms with van der Waals surface area (Å²) in [4.78, 5) is 0. The van der Waals surface area contributed by atoms with Gasteiger partial charge in [0.25, 0.3) is 0 Å². The predicted molar refractivity (Wildman–Crippen MR) is 155 cm³/mol. The van der Waals surface area contributed by atoms with Crippen LogP contribution in [0.2, 0.25) is 0 Å². The van der Waals surface area contributed by atoms with E-state index in [0.29, 0.717) is 0 Å². The molecule has 1 atom stereocenters. The van der Waals surface area contributed by atoms with Crippen molar-refractivity contribution >= 4 is 48.2 Å². The maximum atomic E-state index is 4.01. The second-order valence-electron chi connectivity index (χ2n) is 9.79. The Hall–Kier alpha value is -3.94. The molecule has 1 aliphatic rings. The van der Waals surface area contributed by atoms with Gasteiger partial charge in [-0.3, -0.25) is 0 Å². The lowest BCUT2D eigenvalue weighted by Gasteiger charge is -2.35. The summed E-state index contributed by atoms with van der Waals surface area (Å²) in [6, 6.07) is 47.1. The van der Waals surface area contributed by atoms with E-state index in [0.717, 1.165) is 4.47 Å². The van der Waals surface area contributed by atoms with Gasteiger partial charge in [0.15, 0.2) is 0 Å². The molecule has 7 aromatic carbocycles. The number of hydrogen-bond acceptors (Lipinski definition) is 0. The lowest BCUT2D eigenvalue weighted by molar-refractivity contribution is 0.772. The molecule has 1 aliphatic carbocycles. The van der Waals surface area contributed by atoms with Crippen molar-refractivity contribution in [2.75, 3.05) is 0 Å². The van der Waals surface area contributed by atoms with Crippen LogP contribution in [0.25, 0.3) is 43.4 Å². The van der Waals surface area contributed by atoms with Crippen molar-refractivity contribution in [3.8, 4) is 11.1 Å². The van der Waals surface area contributed by atoms with Gasteiger partial charge in [0, 0.05) is 4.47 Å². The van der Waals surface area contributed by atoms with Gasteiger partial charge in [-0.05, 0) is 71.8 Å². The van der Waals surface area contributed by atoms with E-state index >= 15 is 0 Å². The Kier molecular flexibility index (Phi) is 4.10. The molecule has 7 aromatic rings. The second kappa shape index (κ2) is 7.29. The van der Waals surface area contributed by atoms with Crippen LogP contribution in [0.4, 0.5) is 0 Å². The van der Waals surface area contributed by atoms with Crippen molar-refractivity contribution in [2.24, 2.45) is 0 Å². The third-order valence-corrected chi connectivity index (χ3v) is 8.81. The van der Waals surface area contributed by atoms with E-state index < -0.39 is 5.41 Å². The van der Waals surface area contributed by atoms with Gasteiger partial charge in [0.2, 0.25) is 0 Å². The van der Waals surface area contributed by atoms with Crippen molar-refractivity contribution in [2.45, 2.75) is 5.41 Å². The molecule has 0 N–H and O–H groups in total. The van der Waals surface area contributed by atoms with Gasteiger partial charge in [-0.25, -0.2) is 0 Å². The molecule has 0 saturated carbocycles. The summed E-state index contributed by atoms with van der Waals surface area (Å²) in [5, 5.41) is 7.92. The second-order valence-corrected chi connectivity index (χ2v) is 10.6. The van der Waals surface area contributed by atoms with E-state index in [-0.39, 0.29) is 0 Å². The highest BCUT2D eigenvalue weighted by Gasteiger charge is 2.48. The molecular formula is C35H21Br. The van der Waals surface area contributed by atoms with Crippen LogP contribution in [0.3, 0.4) is 0 Å². The SMILES string of the molecule is Brc1cccc2c1C(c1ccccc1)(c1ccc3ccc4cccc5ccc1c3c45)c1ccccc1-2. The minimum atomic E-state index is -0.435. The molecule has 0 spiro atoms. The fourth-order valence-corrected chi connectivity index (χ4v) is 7.46. The van der Waals surface area contributed by atoms with E-state index in [1.165, 1.54) is 65.7 Å². The first kappa shape index (κ1) is 20.3. The summed E-state index contributed by atoms with van der Waals surface area (Å²) in [7, 11) is 0. The molecule has 0 amide bonds. The third kappa shape index (κ3) is 2.44. The van der Waals surface area contributed by atoms with Crippen LogP contribution in [-0.2, 0) is 5.41 Å². The first-order chi connectivity index (χ1) is 17.8. The van der Waals surface area contributed by atoms with Crippen molar-refractivity contribution < 1.29 is 0 Å². The van der Waals surface area contributed by atoms with Crippen molar-refractivity contribution in [3.05, 3.63) is 154 Å². The molecular weight excluding hydrogens is 500 g/mol. The monoisotopic (exact) mass is 520 g/mol. The summed E-state index contributed by atoms with van der Waals surface area (Å²) in [5.41, 5.74) is 7.46. The van der Waals surface area contributed by atoms with E-state index in [4.69, 9.17) is 0 Å². The minimum absolute atomic E-state index is 0.435. The number of fused-ring (bicyclic) bond motifs is 3.